The third-order valence-electron chi connectivity index (χ3n) is 8.11. The van der Waals surface area contributed by atoms with Gasteiger partial charge < -0.3 is 44.6 Å². The van der Waals surface area contributed by atoms with Crippen molar-refractivity contribution in [3.63, 3.8) is 0 Å². The van der Waals surface area contributed by atoms with E-state index in [1.165, 1.54) is 12.1 Å². The van der Waals surface area contributed by atoms with Gasteiger partial charge in [0, 0.05) is 18.0 Å². The van der Waals surface area contributed by atoms with Gasteiger partial charge in [-0.1, -0.05) is 6.07 Å². The molecule has 1 aromatic carbocycles. The van der Waals surface area contributed by atoms with Crippen LogP contribution in [0.3, 0.4) is 0 Å². The van der Waals surface area contributed by atoms with Crippen molar-refractivity contribution in [2.24, 2.45) is 0 Å². The Hall–Kier alpha value is -3.68. The van der Waals surface area contributed by atoms with Gasteiger partial charge in [0.15, 0.2) is 23.7 Å². The Bertz CT molecular complexity index is 1260. The number of likely N-dealkylation sites (N-methyl/N-ethyl adjacent to an activating group) is 1. The van der Waals surface area contributed by atoms with Gasteiger partial charge in [0.1, 0.15) is 5.76 Å². The molecule has 2 aliphatic heterocycles. The molecule has 0 radical (unpaired) electrons. The maximum absolute atomic E-state index is 12.7. The molecule has 204 valence electrons. The molecule has 6 atom stereocenters. The first-order valence-electron chi connectivity index (χ1n) is 12.1. The summed E-state index contributed by atoms with van der Waals surface area (Å²) in [5, 5.41) is 50.6. The maximum Gasteiger partial charge on any atom is 0.345 e. The first-order valence-corrected chi connectivity index (χ1v) is 12.1. The van der Waals surface area contributed by atoms with Crippen LogP contribution in [0.1, 0.15) is 36.8 Å². The monoisotopic (exact) mass is 533 g/mol. The summed E-state index contributed by atoms with van der Waals surface area (Å²) in [6, 6.07) is 3.05. The number of aromatic hydroxyl groups is 1. The van der Waals surface area contributed by atoms with E-state index < -0.39 is 66.0 Å². The highest BCUT2D eigenvalue weighted by atomic mass is 16.6. The molecular weight excluding hydrogens is 506 g/mol. The fourth-order valence-electron chi connectivity index (χ4n) is 6.41. The third-order valence-corrected chi connectivity index (χ3v) is 8.11. The lowest BCUT2D eigenvalue weighted by molar-refractivity contribution is -0.175. The molecule has 2 bridgehead atoms. The van der Waals surface area contributed by atoms with Crippen LogP contribution >= 0.6 is 0 Å². The van der Waals surface area contributed by atoms with Crippen molar-refractivity contribution in [3.8, 4) is 11.5 Å². The predicted molar refractivity (Wildman–Crippen MR) is 123 cm³/mol. The predicted octanol–water partition coefficient (Wildman–Crippen LogP) is -0.565. The highest BCUT2D eigenvalue weighted by Gasteiger charge is 2.72. The van der Waals surface area contributed by atoms with Crippen LogP contribution in [-0.4, -0.2) is 97.9 Å². The van der Waals surface area contributed by atoms with Crippen LogP contribution in [0.15, 0.2) is 24.0 Å². The van der Waals surface area contributed by atoms with Crippen LogP contribution in [0.5, 0.6) is 11.5 Å². The number of nitrogens with zero attached hydrogens (tertiary/aromatic N) is 1. The maximum atomic E-state index is 12.7. The van der Waals surface area contributed by atoms with Crippen molar-refractivity contribution in [2.75, 3.05) is 13.6 Å². The normalized spacial score (nSPS) is 30.2. The summed E-state index contributed by atoms with van der Waals surface area (Å²) in [5.74, 6) is -5.66. The van der Waals surface area contributed by atoms with Crippen LogP contribution in [0.25, 0.3) is 0 Å². The number of aliphatic carboxylic acids is 2. The minimum Gasteiger partial charge on any atom is -0.504 e. The van der Waals surface area contributed by atoms with Crippen molar-refractivity contribution >= 4 is 23.9 Å². The van der Waals surface area contributed by atoms with E-state index in [0.29, 0.717) is 24.9 Å². The van der Waals surface area contributed by atoms with Gasteiger partial charge >= 0.3 is 23.9 Å². The van der Waals surface area contributed by atoms with Gasteiger partial charge in [0.05, 0.1) is 23.9 Å². The molecule has 13 heteroatoms. The molecule has 0 amide bonds. The Kier molecular flexibility index (Phi) is 6.12. The molecule has 0 unspecified atom stereocenters. The highest BCUT2D eigenvalue weighted by Crippen LogP contribution is 2.65. The molecule has 1 spiro atoms. The largest absolute Gasteiger partial charge is 0.504 e. The number of aliphatic hydroxyl groups excluding tert-OH is 1. The van der Waals surface area contributed by atoms with Gasteiger partial charge in [0.2, 0.25) is 6.10 Å². The summed E-state index contributed by atoms with van der Waals surface area (Å²) >= 11 is 0. The molecule has 1 aromatic rings. The molecule has 2 heterocycles. The molecule has 0 aromatic heterocycles. The van der Waals surface area contributed by atoms with Gasteiger partial charge in [-0.3, -0.25) is 9.59 Å². The highest BCUT2D eigenvalue weighted by molar-refractivity contribution is 5.85. The number of hydrogen-bond donors (Lipinski definition) is 5. The van der Waals surface area contributed by atoms with Crippen LogP contribution in [0.4, 0.5) is 0 Å². The van der Waals surface area contributed by atoms with Gasteiger partial charge in [-0.25, -0.2) is 9.59 Å². The minimum absolute atomic E-state index is 0.00753. The second-order valence-electron chi connectivity index (χ2n) is 10.2. The van der Waals surface area contributed by atoms with Crippen molar-refractivity contribution in [2.45, 2.75) is 67.5 Å². The molecule has 0 saturated carbocycles. The number of carbonyl (C=O) groups excluding carboxylic acids is 2. The number of phenols is 1. The number of rotatable bonds is 8. The zero-order chi connectivity index (χ0) is 27.6. The number of esters is 2. The van der Waals surface area contributed by atoms with Gasteiger partial charge in [-0.05, 0) is 44.1 Å². The average molecular weight is 533 g/mol. The Labute approximate surface area is 215 Å². The second kappa shape index (κ2) is 8.96. The lowest BCUT2D eigenvalue weighted by Gasteiger charge is -2.61. The van der Waals surface area contributed by atoms with Gasteiger partial charge in [-0.15, -0.1) is 0 Å². The minimum atomic E-state index is -2.05. The molecule has 1 saturated heterocycles. The zero-order valence-electron chi connectivity index (χ0n) is 20.3. The van der Waals surface area contributed by atoms with Crippen LogP contribution in [-0.2, 0) is 40.5 Å². The number of ether oxygens (including phenoxy) is 3. The Balaban J connectivity index is 1.37. The number of piperidine rings is 1. The van der Waals surface area contributed by atoms with Crippen LogP contribution in [0, 0.1) is 0 Å². The summed E-state index contributed by atoms with van der Waals surface area (Å²) in [7, 11) is 1.92. The molecule has 38 heavy (non-hydrogen) atoms. The van der Waals surface area contributed by atoms with Gasteiger partial charge in [-0.2, -0.15) is 0 Å². The topological polar surface area (TPSA) is 200 Å². The van der Waals surface area contributed by atoms with E-state index in [2.05, 4.69) is 9.64 Å². The number of carboxylic acid groups (broad SMARTS) is 2. The molecule has 4 aliphatic rings. The van der Waals surface area contributed by atoms with Crippen LogP contribution < -0.4 is 4.74 Å². The Morgan fingerprint density at radius 3 is 2.63 bits per heavy atom. The second-order valence-corrected chi connectivity index (χ2v) is 10.2. The van der Waals surface area contributed by atoms with E-state index in [9.17, 15) is 34.5 Å². The smallest absolute Gasteiger partial charge is 0.345 e. The quantitative estimate of drug-likeness (QED) is 0.266. The molecule has 5 rings (SSSR count). The van der Waals surface area contributed by atoms with Crippen molar-refractivity contribution in [1.29, 1.82) is 0 Å². The molecule has 5 N–H and O–H groups in total. The number of aliphatic hydroxyl groups is 2. The average Bonchev–Trinajstić information content (AvgIpc) is 3.20. The number of likely N-dealkylation sites (tertiary alicyclic amines) is 1. The zero-order valence-corrected chi connectivity index (χ0v) is 20.3. The first-order chi connectivity index (χ1) is 17.9. The van der Waals surface area contributed by atoms with Crippen molar-refractivity contribution in [1.82, 2.24) is 4.90 Å². The van der Waals surface area contributed by atoms with Crippen LogP contribution in [0.2, 0.25) is 0 Å². The summed E-state index contributed by atoms with van der Waals surface area (Å²) in [6.45, 7) is 0.609. The number of benzene rings is 1. The summed E-state index contributed by atoms with van der Waals surface area (Å²) in [4.78, 5) is 48.8. The van der Waals surface area contributed by atoms with E-state index >= 15 is 0 Å². The Morgan fingerprint density at radius 1 is 1.21 bits per heavy atom. The number of hydrogen-bond acceptors (Lipinski definition) is 11. The summed E-state index contributed by atoms with van der Waals surface area (Å²) in [5.41, 5.74) is -0.721. The van der Waals surface area contributed by atoms with Crippen molar-refractivity contribution in [3.05, 3.63) is 35.1 Å². The van der Waals surface area contributed by atoms with E-state index in [1.807, 2.05) is 7.05 Å². The van der Waals surface area contributed by atoms with Gasteiger partial charge in [0.25, 0.3) is 0 Å². The fraction of sp³-hybridized carbons (Fsp3) is 0.520. The van der Waals surface area contributed by atoms with E-state index in [0.717, 1.165) is 5.56 Å². The fourth-order valence-corrected chi connectivity index (χ4v) is 6.41. The lowest BCUT2D eigenvalue weighted by atomic mass is 9.50. The molecule has 2 aliphatic carbocycles. The molecular formula is C25H27NO12. The van der Waals surface area contributed by atoms with Crippen molar-refractivity contribution < 1.29 is 58.9 Å². The van der Waals surface area contributed by atoms with E-state index in [-0.39, 0.29) is 29.7 Å². The number of carboxylic acids is 2. The SMILES string of the molecule is CN1CC[C@]23c4c5ccc(O)c4O[C@H]2C(OC(=O)[C@@H](O)CC(=O)O[C@@H](CC(=O)O)C(=O)O)=CC[C@@]3(O)[C@@H]1C5. The first kappa shape index (κ1) is 25.9. The molecule has 13 nitrogen and oxygen atoms in total. The third kappa shape index (κ3) is 3.72. The van der Waals surface area contributed by atoms with E-state index in [4.69, 9.17) is 19.7 Å². The lowest BCUT2D eigenvalue weighted by Crippen LogP contribution is -2.74. The number of phenolic OH excluding ortho intramolecular Hbond substituents is 1. The summed E-state index contributed by atoms with van der Waals surface area (Å²) < 4.78 is 16.2. The molecule has 1 fully saturated rings. The Morgan fingerprint density at radius 2 is 1.95 bits per heavy atom. The standard InChI is InChI=1S/C25H27NO12/c1-26-7-6-24-19-11-2-3-12(27)20(19)38-21(24)14(4-5-25(24,35)16(26)8-11)37-23(34)13(28)9-18(31)36-15(22(32)33)10-17(29)30/h2-4,13,15-16,21,27-28,35H,5-10H2,1H3,(H,29,30)(H,32,33)/t13-,15-,16-,21-,24-,25+/m0/s1. The summed E-state index contributed by atoms with van der Waals surface area (Å²) in [6.07, 6.45) is -4.42. The van der Waals surface area contributed by atoms with E-state index in [1.54, 1.807) is 6.07 Å². The number of carbonyl (C=O) groups is 4.